The van der Waals surface area contributed by atoms with Gasteiger partial charge < -0.3 is 5.32 Å². The molecule has 0 saturated carbocycles. The molecule has 2 rings (SSSR count). The molecule has 1 aromatic heterocycles. The molecule has 0 saturated heterocycles. The second-order valence-electron chi connectivity index (χ2n) is 4.38. The normalized spacial score (nSPS) is 12.7. The minimum absolute atomic E-state index is 0.189. The molecule has 0 radical (unpaired) electrons. The molecular weight excluding hydrogens is 307 g/mol. The van der Waals surface area contributed by atoms with Crippen LogP contribution >= 0.6 is 22.9 Å². The van der Waals surface area contributed by atoms with Gasteiger partial charge in [0.15, 0.2) is 0 Å². The number of rotatable bonds is 4. The van der Waals surface area contributed by atoms with Crippen LogP contribution in [0.1, 0.15) is 29.0 Å². The van der Waals surface area contributed by atoms with Crippen molar-refractivity contribution >= 4 is 22.9 Å². The summed E-state index contributed by atoms with van der Waals surface area (Å²) in [6, 6.07) is 2.47. The summed E-state index contributed by atoms with van der Waals surface area (Å²) in [5, 5.41) is 3.01. The van der Waals surface area contributed by atoms with Gasteiger partial charge in [0.1, 0.15) is 17.5 Å². The number of thiophene rings is 1. The van der Waals surface area contributed by atoms with E-state index in [1.165, 1.54) is 11.3 Å². The lowest BCUT2D eigenvalue weighted by Gasteiger charge is -2.18. The number of benzene rings is 1. The van der Waals surface area contributed by atoms with E-state index in [-0.39, 0.29) is 5.56 Å². The standard InChI is InChI=1S/C14H13ClF3NS/c1-3-19-13(11-4-7(2)14(15)20-11)12-9(17)5-8(16)6-10(12)18/h4-6,13,19H,3H2,1-2H3. The Morgan fingerprint density at radius 3 is 2.25 bits per heavy atom. The fraction of sp³-hybridized carbons (Fsp3) is 0.286. The Bertz CT molecular complexity index is 584. The summed E-state index contributed by atoms with van der Waals surface area (Å²) in [6.07, 6.45) is 0. The Kier molecular flexibility index (Phi) is 4.73. The highest BCUT2D eigenvalue weighted by Crippen LogP contribution is 2.36. The van der Waals surface area contributed by atoms with Gasteiger partial charge in [-0.05, 0) is 25.1 Å². The van der Waals surface area contributed by atoms with Crippen LogP contribution in [-0.4, -0.2) is 6.54 Å². The van der Waals surface area contributed by atoms with Crippen LogP contribution in [0.4, 0.5) is 13.2 Å². The summed E-state index contributed by atoms with van der Waals surface area (Å²) >= 11 is 7.26. The zero-order chi connectivity index (χ0) is 14.9. The molecule has 1 heterocycles. The highest BCUT2D eigenvalue weighted by molar-refractivity contribution is 7.16. The molecule has 1 unspecified atom stereocenters. The fourth-order valence-corrected chi connectivity index (χ4v) is 3.31. The van der Waals surface area contributed by atoms with E-state index < -0.39 is 23.5 Å². The molecule has 1 atom stereocenters. The molecule has 0 bridgehead atoms. The van der Waals surface area contributed by atoms with Crippen LogP contribution in [0.15, 0.2) is 18.2 Å². The maximum absolute atomic E-state index is 13.9. The van der Waals surface area contributed by atoms with Crippen LogP contribution in [0, 0.1) is 24.4 Å². The van der Waals surface area contributed by atoms with E-state index in [1.54, 1.807) is 6.07 Å². The van der Waals surface area contributed by atoms with Crippen molar-refractivity contribution < 1.29 is 13.2 Å². The van der Waals surface area contributed by atoms with Crippen LogP contribution in [0.25, 0.3) is 0 Å². The van der Waals surface area contributed by atoms with Crippen LogP contribution < -0.4 is 5.32 Å². The molecular formula is C14H13ClF3NS. The summed E-state index contributed by atoms with van der Waals surface area (Å²) in [5.41, 5.74) is 0.656. The van der Waals surface area contributed by atoms with Crippen LogP contribution in [-0.2, 0) is 0 Å². The van der Waals surface area contributed by atoms with E-state index in [2.05, 4.69) is 5.32 Å². The third kappa shape index (κ3) is 3.00. The summed E-state index contributed by atoms with van der Waals surface area (Å²) < 4.78 is 41.4. The molecule has 0 aliphatic heterocycles. The minimum atomic E-state index is -0.931. The molecule has 0 aliphatic carbocycles. The third-order valence-electron chi connectivity index (χ3n) is 2.90. The van der Waals surface area contributed by atoms with Gasteiger partial charge in [0.2, 0.25) is 0 Å². The third-order valence-corrected chi connectivity index (χ3v) is 4.52. The van der Waals surface area contributed by atoms with Crippen LogP contribution in [0.5, 0.6) is 0 Å². The lowest BCUT2D eigenvalue weighted by molar-refractivity contribution is 0.494. The highest BCUT2D eigenvalue weighted by atomic mass is 35.5. The maximum atomic E-state index is 13.9. The molecule has 1 nitrogen and oxygen atoms in total. The predicted molar refractivity (Wildman–Crippen MR) is 75.9 cm³/mol. The SMILES string of the molecule is CCNC(c1cc(C)c(Cl)s1)c1c(F)cc(F)cc1F. The fourth-order valence-electron chi connectivity index (χ4n) is 2.00. The monoisotopic (exact) mass is 319 g/mol. The topological polar surface area (TPSA) is 12.0 Å². The van der Waals surface area contributed by atoms with Crippen molar-refractivity contribution in [2.24, 2.45) is 0 Å². The van der Waals surface area contributed by atoms with Crippen LogP contribution in [0.2, 0.25) is 4.34 Å². The second-order valence-corrected chi connectivity index (χ2v) is 6.07. The van der Waals surface area contributed by atoms with Crippen molar-refractivity contribution in [3.8, 4) is 0 Å². The highest BCUT2D eigenvalue weighted by Gasteiger charge is 2.24. The number of hydrogen-bond donors (Lipinski definition) is 1. The lowest BCUT2D eigenvalue weighted by atomic mass is 10.0. The van der Waals surface area contributed by atoms with E-state index in [9.17, 15) is 13.2 Å². The van der Waals surface area contributed by atoms with E-state index in [1.807, 2.05) is 13.8 Å². The first-order valence-corrected chi connectivity index (χ1v) is 7.27. The van der Waals surface area contributed by atoms with E-state index >= 15 is 0 Å². The quantitative estimate of drug-likeness (QED) is 0.851. The predicted octanol–water partition coefficient (Wildman–Crippen LogP) is 4.83. The Labute approximate surface area is 124 Å². The van der Waals surface area contributed by atoms with Crippen molar-refractivity contribution in [3.05, 3.63) is 56.0 Å². The maximum Gasteiger partial charge on any atom is 0.134 e. The van der Waals surface area contributed by atoms with Crippen molar-refractivity contribution in [1.82, 2.24) is 5.32 Å². The zero-order valence-electron chi connectivity index (χ0n) is 10.9. The van der Waals surface area contributed by atoms with E-state index in [0.29, 0.717) is 27.9 Å². The number of aryl methyl sites for hydroxylation is 1. The van der Waals surface area contributed by atoms with Gasteiger partial charge in [0.25, 0.3) is 0 Å². The minimum Gasteiger partial charge on any atom is -0.306 e. The van der Waals surface area contributed by atoms with Crippen LogP contribution in [0.3, 0.4) is 0 Å². The molecule has 0 amide bonds. The Morgan fingerprint density at radius 1 is 1.20 bits per heavy atom. The Balaban J connectivity index is 2.54. The largest absolute Gasteiger partial charge is 0.306 e. The second kappa shape index (κ2) is 6.16. The Morgan fingerprint density at radius 2 is 1.80 bits per heavy atom. The summed E-state index contributed by atoms with van der Waals surface area (Å²) in [6.45, 7) is 4.16. The molecule has 6 heteroatoms. The first-order valence-electron chi connectivity index (χ1n) is 6.07. The van der Waals surface area contributed by atoms with E-state index in [0.717, 1.165) is 5.56 Å². The van der Waals surface area contributed by atoms with E-state index in [4.69, 9.17) is 11.6 Å². The van der Waals surface area contributed by atoms with Gasteiger partial charge in [-0.3, -0.25) is 0 Å². The molecule has 20 heavy (non-hydrogen) atoms. The summed E-state index contributed by atoms with van der Waals surface area (Å²) in [7, 11) is 0. The van der Waals surface area contributed by atoms with Crippen molar-refractivity contribution in [1.29, 1.82) is 0 Å². The molecule has 0 spiro atoms. The zero-order valence-corrected chi connectivity index (χ0v) is 12.5. The van der Waals surface area contributed by atoms with Gasteiger partial charge in [0, 0.05) is 22.6 Å². The lowest BCUT2D eigenvalue weighted by Crippen LogP contribution is -2.23. The van der Waals surface area contributed by atoms with Gasteiger partial charge in [0.05, 0.1) is 10.4 Å². The summed E-state index contributed by atoms with van der Waals surface area (Å²) in [4.78, 5) is 0.693. The average molecular weight is 320 g/mol. The first-order chi connectivity index (χ1) is 9.43. The van der Waals surface area contributed by atoms with Gasteiger partial charge >= 0.3 is 0 Å². The number of halogens is 4. The molecule has 0 fully saturated rings. The first kappa shape index (κ1) is 15.4. The molecule has 1 N–H and O–H groups in total. The number of nitrogens with one attached hydrogen (secondary N) is 1. The Hall–Kier alpha value is -1.04. The smallest absolute Gasteiger partial charge is 0.134 e. The van der Waals surface area contributed by atoms with Gasteiger partial charge in [-0.1, -0.05) is 18.5 Å². The van der Waals surface area contributed by atoms with Crippen molar-refractivity contribution in [2.75, 3.05) is 6.54 Å². The molecule has 108 valence electrons. The molecule has 2 aromatic rings. The van der Waals surface area contributed by atoms with Gasteiger partial charge in [-0.2, -0.15) is 0 Å². The van der Waals surface area contributed by atoms with Crippen molar-refractivity contribution in [3.63, 3.8) is 0 Å². The number of hydrogen-bond acceptors (Lipinski definition) is 2. The summed E-state index contributed by atoms with van der Waals surface area (Å²) in [5.74, 6) is -2.74. The molecule has 0 aliphatic rings. The van der Waals surface area contributed by atoms with Gasteiger partial charge in [-0.25, -0.2) is 13.2 Å². The average Bonchev–Trinajstić information content (AvgIpc) is 2.67. The van der Waals surface area contributed by atoms with Gasteiger partial charge in [-0.15, -0.1) is 11.3 Å². The molecule has 1 aromatic carbocycles. The van der Waals surface area contributed by atoms with Crippen molar-refractivity contribution in [2.45, 2.75) is 19.9 Å².